The van der Waals surface area contributed by atoms with Crippen LogP contribution in [0.5, 0.6) is 5.75 Å². The van der Waals surface area contributed by atoms with E-state index in [4.69, 9.17) is 4.74 Å². The fourth-order valence-electron chi connectivity index (χ4n) is 2.13. The Hall–Kier alpha value is -2.59. The van der Waals surface area contributed by atoms with Crippen LogP contribution in [0.1, 0.15) is 18.5 Å². The number of rotatable bonds is 6. The Morgan fingerprint density at radius 3 is 2.40 bits per heavy atom. The molecule has 0 aromatic heterocycles. The Kier molecular flexibility index (Phi) is 5.33. The van der Waals surface area contributed by atoms with Gasteiger partial charge in [0, 0.05) is 18.2 Å². The predicted octanol–water partition coefficient (Wildman–Crippen LogP) is 2.92. The van der Waals surface area contributed by atoms with Gasteiger partial charge in [-0.3, -0.25) is 10.1 Å². The molecule has 0 fully saturated rings. The molecule has 2 rings (SSSR count). The van der Waals surface area contributed by atoms with Crippen molar-refractivity contribution in [3.63, 3.8) is 0 Å². The first-order valence-corrected chi connectivity index (χ1v) is 8.43. The predicted molar refractivity (Wildman–Crippen MR) is 84.7 cm³/mol. The summed E-state index contributed by atoms with van der Waals surface area (Å²) in [5.74, 6) is -2.26. The lowest BCUT2D eigenvalue weighted by Gasteiger charge is -2.16. The standard InChI is InChI=1S/C15H14F2N2O5S/c1-9(10-3-5-12(16)13(17)7-10)18-25(22,23)15-8-11(19(20)21)4-6-14(15)24-2/h3-9,18H,1-2H3. The normalized spacial score (nSPS) is 12.6. The Morgan fingerprint density at radius 2 is 1.84 bits per heavy atom. The number of hydrogen-bond acceptors (Lipinski definition) is 5. The van der Waals surface area contributed by atoms with Crippen LogP contribution in [0.25, 0.3) is 0 Å². The van der Waals surface area contributed by atoms with Crippen LogP contribution in [0.2, 0.25) is 0 Å². The highest BCUT2D eigenvalue weighted by Gasteiger charge is 2.25. The van der Waals surface area contributed by atoms with Gasteiger partial charge in [0.1, 0.15) is 10.6 Å². The van der Waals surface area contributed by atoms with Crippen molar-refractivity contribution >= 4 is 15.7 Å². The largest absolute Gasteiger partial charge is 0.495 e. The van der Waals surface area contributed by atoms with E-state index < -0.39 is 43.2 Å². The van der Waals surface area contributed by atoms with E-state index in [1.807, 2.05) is 0 Å². The van der Waals surface area contributed by atoms with E-state index in [1.165, 1.54) is 20.1 Å². The Morgan fingerprint density at radius 1 is 1.16 bits per heavy atom. The molecule has 10 heteroatoms. The lowest BCUT2D eigenvalue weighted by Crippen LogP contribution is -2.27. The van der Waals surface area contributed by atoms with E-state index in [-0.39, 0.29) is 11.3 Å². The van der Waals surface area contributed by atoms with Crippen LogP contribution < -0.4 is 9.46 Å². The molecule has 0 aliphatic rings. The third-order valence-electron chi connectivity index (χ3n) is 3.42. The highest BCUT2D eigenvalue weighted by Crippen LogP contribution is 2.29. The van der Waals surface area contributed by atoms with Gasteiger partial charge in [-0.1, -0.05) is 6.07 Å². The molecule has 1 N–H and O–H groups in total. The molecular formula is C15H14F2N2O5S. The van der Waals surface area contributed by atoms with Crippen LogP contribution in [0, 0.1) is 21.7 Å². The second-order valence-corrected chi connectivity index (χ2v) is 6.79. The van der Waals surface area contributed by atoms with Gasteiger partial charge in [0.25, 0.3) is 5.69 Å². The topological polar surface area (TPSA) is 98.5 Å². The first-order chi connectivity index (χ1) is 11.7. The van der Waals surface area contributed by atoms with Gasteiger partial charge in [-0.15, -0.1) is 0 Å². The number of nitro benzene ring substituents is 1. The summed E-state index contributed by atoms with van der Waals surface area (Å²) in [5, 5.41) is 10.9. The van der Waals surface area contributed by atoms with Crippen molar-refractivity contribution in [2.45, 2.75) is 17.9 Å². The van der Waals surface area contributed by atoms with Crippen molar-refractivity contribution in [3.05, 3.63) is 63.7 Å². The maximum Gasteiger partial charge on any atom is 0.271 e. The lowest BCUT2D eigenvalue weighted by molar-refractivity contribution is -0.385. The van der Waals surface area contributed by atoms with E-state index in [9.17, 15) is 27.3 Å². The highest BCUT2D eigenvalue weighted by atomic mass is 32.2. The summed E-state index contributed by atoms with van der Waals surface area (Å²) in [7, 11) is -3.00. The van der Waals surface area contributed by atoms with E-state index in [2.05, 4.69) is 4.72 Å². The van der Waals surface area contributed by atoms with E-state index in [1.54, 1.807) is 0 Å². The third-order valence-corrected chi connectivity index (χ3v) is 4.99. The van der Waals surface area contributed by atoms with E-state index >= 15 is 0 Å². The summed E-state index contributed by atoms with van der Waals surface area (Å²) in [6.45, 7) is 1.42. The average Bonchev–Trinajstić information content (AvgIpc) is 2.56. The molecule has 2 aromatic carbocycles. The fourth-order valence-corrected chi connectivity index (χ4v) is 3.56. The zero-order valence-corrected chi connectivity index (χ0v) is 14.0. The number of nitrogens with one attached hydrogen (secondary N) is 1. The molecule has 0 aliphatic carbocycles. The number of hydrogen-bond donors (Lipinski definition) is 1. The van der Waals surface area contributed by atoms with Crippen molar-refractivity contribution in [1.29, 1.82) is 0 Å². The molecule has 0 amide bonds. The van der Waals surface area contributed by atoms with Crippen molar-refractivity contribution in [1.82, 2.24) is 4.72 Å². The number of methoxy groups -OCH3 is 1. The monoisotopic (exact) mass is 372 g/mol. The van der Waals surface area contributed by atoms with Gasteiger partial charge in [0.05, 0.1) is 12.0 Å². The minimum absolute atomic E-state index is 0.0874. The zero-order chi connectivity index (χ0) is 18.8. The Bertz CT molecular complexity index is 918. The smallest absolute Gasteiger partial charge is 0.271 e. The fraction of sp³-hybridized carbons (Fsp3) is 0.200. The number of non-ortho nitro benzene ring substituents is 1. The molecule has 0 bridgehead atoms. The summed E-state index contributed by atoms with van der Waals surface area (Å²) in [4.78, 5) is 9.69. The summed E-state index contributed by atoms with van der Waals surface area (Å²) in [6.07, 6.45) is 0. The van der Waals surface area contributed by atoms with Gasteiger partial charge >= 0.3 is 0 Å². The molecule has 0 saturated heterocycles. The molecule has 0 radical (unpaired) electrons. The maximum absolute atomic E-state index is 13.3. The van der Waals surface area contributed by atoms with Gasteiger partial charge in [-0.25, -0.2) is 21.9 Å². The maximum atomic E-state index is 13.3. The quantitative estimate of drug-likeness (QED) is 0.621. The molecule has 0 spiro atoms. The summed E-state index contributed by atoms with van der Waals surface area (Å²) < 4.78 is 58.6. The molecule has 7 nitrogen and oxygen atoms in total. The molecule has 1 atom stereocenters. The first-order valence-electron chi connectivity index (χ1n) is 6.95. The van der Waals surface area contributed by atoms with Crippen LogP contribution in [0.3, 0.4) is 0 Å². The second kappa shape index (κ2) is 7.11. The molecule has 0 aliphatic heterocycles. The van der Waals surface area contributed by atoms with Crippen molar-refractivity contribution in [2.75, 3.05) is 7.11 Å². The summed E-state index contributed by atoms with van der Waals surface area (Å²) >= 11 is 0. The molecule has 0 saturated carbocycles. The Labute approximate surface area is 142 Å². The van der Waals surface area contributed by atoms with Gasteiger partial charge in [-0.2, -0.15) is 0 Å². The zero-order valence-electron chi connectivity index (χ0n) is 13.2. The van der Waals surface area contributed by atoms with Crippen molar-refractivity contribution in [2.24, 2.45) is 0 Å². The van der Waals surface area contributed by atoms with Gasteiger partial charge < -0.3 is 4.74 Å². The third kappa shape index (κ3) is 4.09. The molecular weight excluding hydrogens is 358 g/mol. The SMILES string of the molecule is COc1ccc([N+](=O)[O-])cc1S(=O)(=O)NC(C)c1ccc(F)c(F)c1. The highest BCUT2D eigenvalue weighted by molar-refractivity contribution is 7.89. The van der Waals surface area contributed by atoms with E-state index in [0.717, 1.165) is 30.3 Å². The molecule has 1 unspecified atom stereocenters. The molecule has 2 aromatic rings. The van der Waals surface area contributed by atoms with Gasteiger partial charge in [0.2, 0.25) is 10.0 Å². The number of nitro groups is 1. The lowest BCUT2D eigenvalue weighted by atomic mass is 10.1. The van der Waals surface area contributed by atoms with Crippen molar-refractivity contribution in [3.8, 4) is 5.75 Å². The molecule has 134 valence electrons. The number of sulfonamides is 1. The summed E-state index contributed by atoms with van der Waals surface area (Å²) in [5.41, 5.74) is -0.242. The van der Waals surface area contributed by atoms with Crippen LogP contribution in [0.15, 0.2) is 41.3 Å². The minimum atomic E-state index is -4.23. The molecule has 25 heavy (non-hydrogen) atoms. The molecule has 0 heterocycles. The second-order valence-electron chi connectivity index (χ2n) is 5.11. The average molecular weight is 372 g/mol. The van der Waals surface area contributed by atoms with Crippen LogP contribution in [0.4, 0.5) is 14.5 Å². The van der Waals surface area contributed by atoms with Crippen LogP contribution >= 0.6 is 0 Å². The van der Waals surface area contributed by atoms with Crippen LogP contribution in [-0.2, 0) is 10.0 Å². The van der Waals surface area contributed by atoms with Crippen LogP contribution in [-0.4, -0.2) is 20.5 Å². The number of halogens is 2. The number of ether oxygens (including phenoxy) is 1. The number of benzene rings is 2. The van der Waals surface area contributed by atoms with E-state index in [0.29, 0.717) is 0 Å². The van der Waals surface area contributed by atoms with Crippen molar-refractivity contribution < 1.29 is 26.9 Å². The first kappa shape index (κ1) is 18.7. The summed E-state index contributed by atoms with van der Waals surface area (Å²) in [6, 6.07) is 5.20. The van der Waals surface area contributed by atoms with Gasteiger partial charge in [0.15, 0.2) is 11.6 Å². The Balaban J connectivity index is 2.39. The minimum Gasteiger partial charge on any atom is -0.495 e. The van der Waals surface area contributed by atoms with Gasteiger partial charge in [-0.05, 0) is 30.7 Å². The number of nitrogens with zero attached hydrogens (tertiary/aromatic N) is 1.